The van der Waals surface area contributed by atoms with Crippen LogP contribution in [0.25, 0.3) is 0 Å². The van der Waals surface area contributed by atoms with E-state index in [9.17, 15) is 4.79 Å². The Labute approximate surface area is 87.1 Å². The van der Waals surface area contributed by atoms with Crippen molar-refractivity contribution < 1.29 is 4.79 Å². The lowest BCUT2D eigenvalue weighted by Gasteiger charge is -2.38. The number of rotatable bonds is 2. The zero-order valence-electron chi connectivity index (χ0n) is 9.79. The molecule has 3 nitrogen and oxygen atoms in total. The summed E-state index contributed by atoms with van der Waals surface area (Å²) in [5, 5.41) is 0. The van der Waals surface area contributed by atoms with Crippen molar-refractivity contribution in [3.8, 4) is 0 Å². The van der Waals surface area contributed by atoms with Crippen molar-refractivity contribution in [2.24, 2.45) is 5.92 Å². The van der Waals surface area contributed by atoms with Crippen LogP contribution >= 0.6 is 0 Å². The largest absolute Gasteiger partial charge is 0.340 e. The van der Waals surface area contributed by atoms with E-state index >= 15 is 0 Å². The van der Waals surface area contributed by atoms with Gasteiger partial charge >= 0.3 is 0 Å². The Balaban J connectivity index is 2.42. The quantitative estimate of drug-likeness (QED) is 0.665. The van der Waals surface area contributed by atoms with E-state index in [1.807, 2.05) is 4.90 Å². The van der Waals surface area contributed by atoms with E-state index in [4.69, 9.17) is 0 Å². The number of piperazine rings is 1. The molecular weight excluding hydrogens is 176 g/mol. The molecule has 0 bridgehead atoms. The van der Waals surface area contributed by atoms with Crippen molar-refractivity contribution in [2.75, 3.05) is 26.7 Å². The first-order valence-electron chi connectivity index (χ1n) is 5.48. The van der Waals surface area contributed by atoms with Crippen LogP contribution in [0.5, 0.6) is 0 Å². The molecule has 0 aromatic rings. The first-order valence-corrected chi connectivity index (χ1v) is 5.48. The summed E-state index contributed by atoms with van der Waals surface area (Å²) in [5.41, 5.74) is 0. The number of hydrogen-bond acceptors (Lipinski definition) is 2. The summed E-state index contributed by atoms with van der Waals surface area (Å²) < 4.78 is 0. The van der Waals surface area contributed by atoms with Gasteiger partial charge in [0.25, 0.3) is 0 Å². The molecule has 0 aromatic heterocycles. The summed E-state index contributed by atoms with van der Waals surface area (Å²) in [6, 6.07) is 0.500. The van der Waals surface area contributed by atoms with Crippen LogP contribution in [0.4, 0.5) is 0 Å². The maximum absolute atomic E-state index is 11.8. The lowest BCUT2D eigenvalue weighted by molar-refractivity contribution is -0.134. The molecule has 1 atom stereocenters. The molecule has 1 aliphatic rings. The minimum absolute atomic E-state index is 0.319. The van der Waals surface area contributed by atoms with Gasteiger partial charge in [-0.3, -0.25) is 4.79 Å². The SMILES string of the molecule is CC(C)CC(=O)N1CCN(C)[C@H](C)C1. The van der Waals surface area contributed by atoms with Gasteiger partial charge in [-0.1, -0.05) is 13.8 Å². The summed E-state index contributed by atoms with van der Waals surface area (Å²) >= 11 is 0. The molecule has 1 saturated heterocycles. The second kappa shape index (κ2) is 4.78. The molecule has 3 heteroatoms. The molecule has 1 fully saturated rings. The van der Waals surface area contributed by atoms with Gasteiger partial charge in [-0.05, 0) is 19.9 Å². The van der Waals surface area contributed by atoms with Crippen LogP contribution in [0.2, 0.25) is 0 Å². The van der Waals surface area contributed by atoms with Gasteiger partial charge in [-0.15, -0.1) is 0 Å². The third-order valence-corrected chi connectivity index (χ3v) is 2.90. The topological polar surface area (TPSA) is 23.6 Å². The van der Waals surface area contributed by atoms with Gasteiger partial charge in [-0.2, -0.15) is 0 Å². The van der Waals surface area contributed by atoms with Crippen LogP contribution in [0, 0.1) is 5.92 Å². The summed E-state index contributed by atoms with van der Waals surface area (Å²) in [6.45, 7) is 9.16. The third-order valence-electron chi connectivity index (χ3n) is 2.90. The summed E-state index contributed by atoms with van der Waals surface area (Å²) in [7, 11) is 2.12. The lowest BCUT2D eigenvalue weighted by atomic mass is 10.1. The van der Waals surface area contributed by atoms with Gasteiger partial charge in [0.15, 0.2) is 0 Å². The normalized spacial score (nSPS) is 24.4. The smallest absolute Gasteiger partial charge is 0.222 e. The molecule has 0 saturated carbocycles. The Morgan fingerprint density at radius 1 is 1.43 bits per heavy atom. The fourth-order valence-corrected chi connectivity index (χ4v) is 1.75. The second-order valence-electron chi connectivity index (χ2n) is 4.77. The van der Waals surface area contributed by atoms with E-state index in [0.717, 1.165) is 19.6 Å². The molecule has 1 rings (SSSR count). The van der Waals surface area contributed by atoms with Gasteiger partial charge in [0.1, 0.15) is 0 Å². The van der Waals surface area contributed by atoms with Gasteiger partial charge in [0.05, 0.1) is 0 Å². The highest BCUT2D eigenvalue weighted by Crippen LogP contribution is 2.10. The number of carbonyl (C=O) groups excluding carboxylic acids is 1. The molecule has 82 valence electrons. The van der Waals surface area contributed by atoms with Crippen molar-refractivity contribution in [1.29, 1.82) is 0 Å². The van der Waals surface area contributed by atoms with Crippen LogP contribution < -0.4 is 0 Å². The van der Waals surface area contributed by atoms with Crippen molar-refractivity contribution in [3.05, 3.63) is 0 Å². The fourth-order valence-electron chi connectivity index (χ4n) is 1.75. The minimum Gasteiger partial charge on any atom is -0.340 e. The number of nitrogens with zero attached hydrogens (tertiary/aromatic N) is 2. The molecule has 14 heavy (non-hydrogen) atoms. The molecule has 0 radical (unpaired) electrons. The number of hydrogen-bond donors (Lipinski definition) is 0. The fraction of sp³-hybridized carbons (Fsp3) is 0.909. The Morgan fingerprint density at radius 2 is 2.07 bits per heavy atom. The molecule has 0 N–H and O–H groups in total. The van der Waals surface area contributed by atoms with Crippen molar-refractivity contribution in [1.82, 2.24) is 9.80 Å². The predicted octanol–water partition coefficient (Wildman–Crippen LogP) is 1.19. The average Bonchev–Trinajstić information content (AvgIpc) is 2.08. The summed E-state index contributed by atoms with van der Waals surface area (Å²) in [6.07, 6.45) is 0.691. The number of carbonyl (C=O) groups is 1. The Hall–Kier alpha value is -0.570. The Morgan fingerprint density at radius 3 is 2.57 bits per heavy atom. The summed E-state index contributed by atoms with van der Waals surface area (Å²) in [4.78, 5) is 16.1. The summed E-state index contributed by atoms with van der Waals surface area (Å²) in [5.74, 6) is 0.789. The van der Waals surface area contributed by atoms with Crippen molar-refractivity contribution in [2.45, 2.75) is 33.2 Å². The van der Waals surface area contributed by atoms with Gasteiger partial charge in [0.2, 0.25) is 5.91 Å². The van der Waals surface area contributed by atoms with Crippen LogP contribution in [0.1, 0.15) is 27.2 Å². The standard InChI is InChI=1S/C11H22N2O/c1-9(2)7-11(14)13-6-5-12(4)10(3)8-13/h9-10H,5-8H2,1-4H3/t10-/m1/s1. The lowest BCUT2D eigenvalue weighted by Crippen LogP contribution is -2.52. The van der Waals surface area contributed by atoms with Crippen LogP contribution in [-0.4, -0.2) is 48.4 Å². The van der Waals surface area contributed by atoms with E-state index in [0.29, 0.717) is 24.3 Å². The van der Waals surface area contributed by atoms with E-state index in [-0.39, 0.29) is 0 Å². The maximum atomic E-state index is 11.8. The Kier molecular flexibility index (Phi) is 3.93. The molecule has 0 aliphatic carbocycles. The van der Waals surface area contributed by atoms with Crippen LogP contribution in [-0.2, 0) is 4.79 Å². The monoisotopic (exact) mass is 198 g/mol. The Bertz CT molecular complexity index is 203. The predicted molar refractivity (Wildman–Crippen MR) is 58.1 cm³/mol. The maximum Gasteiger partial charge on any atom is 0.222 e. The molecule has 0 spiro atoms. The molecule has 0 aromatic carbocycles. The number of likely N-dealkylation sites (N-methyl/N-ethyl adjacent to an activating group) is 1. The highest BCUT2D eigenvalue weighted by Gasteiger charge is 2.24. The highest BCUT2D eigenvalue weighted by atomic mass is 16.2. The van der Waals surface area contributed by atoms with Gasteiger partial charge < -0.3 is 9.80 Å². The van der Waals surface area contributed by atoms with Gasteiger partial charge in [0, 0.05) is 32.1 Å². The highest BCUT2D eigenvalue weighted by molar-refractivity contribution is 5.76. The van der Waals surface area contributed by atoms with E-state index < -0.39 is 0 Å². The number of amides is 1. The van der Waals surface area contributed by atoms with E-state index in [2.05, 4.69) is 32.7 Å². The van der Waals surface area contributed by atoms with Gasteiger partial charge in [-0.25, -0.2) is 0 Å². The van der Waals surface area contributed by atoms with Crippen LogP contribution in [0.15, 0.2) is 0 Å². The zero-order chi connectivity index (χ0) is 10.7. The first kappa shape index (κ1) is 11.5. The van der Waals surface area contributed by atoms with Crippen molar-refractivity contribution in [3.63, 3.8) is 0 Å². The average molecular weight is 198 g/mol. The third kappa shape index (κ3) is 2.98. The molecule has 1 amide bonds. The molecule has 1 aliphatic heterocycles. The first-order chi connectivity index (χ1) is 6.50. The van der Waals surface area contributed by atoms with E-state index in [1.54, 1.807) is 0 Å². The minimum atomic E-state index is 0.319. The molecule has 1 heterocycles. The molecule has 0 unspecified atom stereocenters. The second-order valence-corrected chi connectivity index (χ2v) is 4.77. The van der Waals surface area contributed by atoms with E-state index in [1.165, 1.54) is 0 Å². The van der Waals surface area contributed by atoms with Crippen LogP contribution in [0.3, 0.4) is 0 Å². The van der Waals surface area contributed by atoms with Crippen molar-refractivity contribution >= 4 is 5.91 Å². The molecular formula is C11H22N2O. The zero-order valence-corrected chi connectivity index (χ0v) is 9.79.